The molecule has 1 aliphatic rings. The maximum atomic E-state index is 12.3. The maximum Gasteiger partial charge on any atom is 0.410 e. The molecule has 130 valence electrons. The van der Waals surface area contributed by atoms with Gasteiger partial charge in [0.15, 0.2) is 0 Å². The summed E-state index contributed by atoms with van der Waals surface area (Å²) >= 11 is 6.22. The molecule has 1 saturated heterocycles. The number of halogens is 1. The minimum absolute atomic E-state index is 0.110. The fourth-order valence-corrected chi connectivity index (χ4v) is 3.38. The molecule has 3 rings (SSSR count). The van der Waals surface area contributed by atoms with Gasteiger partial charge in [-0.15, -0.1) is 0 Å². The van der Waals surface area contributed by atoms with E-state index in [2.05, 4.69) is 0 Å². The number of likely N-dealkylation sites (tertiary alicyclic amines) is 1. The first-order valence-corrected chi connectivity index (χ1v) is 8.37. The smallest absolute Gasteiger partial charge is 0.410 e. The molecule has 1 N–H and O–H groups in total. The van der Waals surface area contributed by atoms with Crippen LogP contribution in [0.4, 0.5) is 4.79 Å². The highest BCUT2D eigenvalue weighted by molar-refractivity contribution is 6.31. The Morgan fingerprint density at radius 2 is 1.76 bits per heavy atom. The summed E-state index contributed by atoms with van der Waals surface area (Å²) in [6, 6.07) is 16.5. The minimum Gasteiger partial charge on any atom is -0.481 e. The van der Waals surface area contributed by atoms with Crippen molar-refractivity contribution >= 4 is 23.7 Å². The molecule has 0 radical (unpaired) electrons. The Bertz CT molecular complexity index is 765. The topological polar surface area (TPSA) is 66.8 Å². The first kappa shape index (κ1) is 17.3. The third-order valence-electron chi connectivity index (χ3n) is 4.41. The van der Waals surface area contributed by atoms with Crippen LogP contribution in [0.15, 0.2) is 54.6 Å². The summed E-state index contributed by atoms with van der Waals surface area (Å²) in [6.45, 7) is 0.540. The minimum atomic E-state index is -0.941. The van der Waals surface area contributed by atoms with Crippen molar-refractivity contribution in [2.24, 2.45) is 5.92 Å². The summed E-state index contributed by atoms with van der Waals surface area (Å²) in [5.41, 5.74) is 1.63. The molecule has 2 aromatic carbocycles. The molecule has 0 saturated carbocycles. The number of carboxylic acid groups (broad SMARTS) is 1. The number of ether oxygens (including phenoxy) is 1. The van der Waals surface area contributed by atoms with Gasteiger partial charge in [0.2, 0.25) is 0 Å². The molecule has 0 aromatic heterocycles. The highest BCUT2D eigenvalue weighted by Crippen LogP contribution is 2.36. The second kappa shape index (κ2) is 7.57. The van der Waals surface area contributed by atoms with Gasteiger partial charge in [0.25, 0.3) is 0 Å². The molecule has 0 aliphatic carbocycles. The van der Waals surface area contributed by atoms with Crippen molar-refractivity contribution in [2.75, 3.05) is 13.1 Å². The second-order valence-electron chi connectivity index (χ2n) is 6.02. The van der Waals surface area contributed by atoms with Gasteiger partial charge in [0, 0.05) is 24.0 Å². The van der Waals surface area contributed by atoms with Crippen LogP contribution < -0.4 is 0 Å². The summed E-state index contributed by atoms with van der Waals surface area (Å²) in [5, 5.41) is 10.0. The van der Waals surface area contributed by atoms with Gasteiger partial charge in [-0.2, -0.15) is 0 Å². The van der Waals surface area contributed by atoms with E-state index >= 15 is 0 Å². The molecule has 1 heterocycles. The lowest BCUT2D eigenvalue weighted by molar-refractivity contribution is -0.141. The van der Waals surface area contributed by atoms with Gasteiger partial charge in [0.05, 0.1) is 5.92 Å². The van der Waals surface area contributed by atoms with Crippen LogP contribution in [0.2, 0.25) is 5.02 Å². The number of benzene rings is 2. The standard InChI is InChI=1S/C19H18ClNO4/c20-17-9-5-4-8-14(17)15-10-21(11-16(15)18(22)23)19(24)25-12-13-6-2-1-3-7-13/h1-9,15-16H,10-12H2,(H,22,23)/t15-,16-/m1/s1. The van der Waals surface area contributed by atoms with Gasteiger partial charge < -0.3 is 14.7 Å². The Morgan fingerprint density at radius 3 is 2.44 bits per heavy atom. The normalized spacial score (nSPS) is 19.6. The number of hydrogen-bond donors (Lipinski definition) is 1. The second-order valence-corrected chi connectivity index (χ2v) is 6.43. The summed E-state index contributed by atoms with van der Waals surface area (Å²) in [6.07, 6.45) is -0.510. The lowest BCUT2D eigenvalue weighted by atomic mass is 9.89. The van der Waals surface area contributed by atoms with E-state index in [4.69, 9.17) is 16.3 Å². The highest BCUT2D eigenvalue weighted by atomic mass is 35.5. The molecule has 1 amide bonds. The van der Waals surface area contributed by atoms with Crippen molar-refractivity contribution in [1.82, 2.24) is 4.90 Å². The SMILES string of the molecule is O=C(O)[C@@H]1CN(C(=O)OCc2ccccc2)C[C@@H]1c1ccccc1Cl. The molecule has 2 aromatic rings. The van der Waals surface area contributed by atoms with Gasteiger partial charge in [-0.1, -0.05) is 60.1 Å². The number of carbonyl (C=O) groups is 2. The zero-order chi connectivity index (χ0) is 17.8. The van der Waals surface area contributed by atoms with E-state index in [1.807, 2.05) is 42.5 Å². The predicted octanol–water partition coefficient (Wildman–Crippen LogP) is 3.78. The van der Waals surface area contributed by atoms with E-state index in [0.29, 0.717) is 5.02 Å². The van der Waals surface area contributed by atoms with Gasteiger partial charge in [-0.3, -0.25) is 4.79 Å². The van der Waals surface area contributed by atoms with E-state index < -0.39 is 18.0 Å². The van der Waals surface area contributed by atoms with E-state index in [-0.39, 0.29) is 25.6 Å². The predicted molar refractivity (Wildman–Crippen MR) is 93.5 cm³/mol. The van der Waals surface area contributed by atoms with Crippen molar-refractivity contribution in [3.8, 4) is 0 Å². The first-order valence-electron chi connectivity index (χ1n) is 7.99. The number of carbonyl (C=O) groups excluding carboxylic acids is 1. The number of carboxylic acids is 1. The van der Waals surface area contributed by atoms with Crippen molar-refractivity contribution in [3.63, 3.8) is 0 Å². The van der Waals surface area contributed by atoms with Crippen LogP contribution in [-0.2, 0) is 16.1 Å². The average Bonchev–Trinajstić information content (AvgIpc) is 3.06. The molecular weight excluding hydrogens is 342 g/mol. The molecule has 1 fully saturated rings. The average molecular weight is 360 g/mol. The molecule has 0 bridgehead atoms. The number of amides is 1. The molecule has 1 aliphatic heterocycles. The third kappa shape index (κ3) is 3.94. The van der Waals surface area contributed by atoms with E-state index in [1.54, 1.807) is 12.1 Å². The summed E-state index contributed by atoms with van der Waals surface area (Å²) in [7, 11) is 0. The zero-order valence-corrected chi connectivity index (χ0v) is 14.2. The fourth-order valence-electron chi connectivity index (χ4n) is 3.10. The summed E-state index contributed by atoms with van der Waals surface area (Å²) in [4.78, 5) is 25.4. The van der Waals surface area contributed by atoms with Gasteiger partial charge in [-0.05, 0) is 17.2 Å². The van der Waals surface area contributed by atoms with Crippen molar-refractivity contribution in [2.45, 2.75) is 12.5 Å². The maximum absolute atomic E-state index is 12.3. The molecular formula is C19H18ClNO4. The van der Waals surface area contributed by atoms with Crippen molar-refractivity contribution < 1.29 is 19.4 Å². The molecule has 5 nitrogen and oxygen atoms in total. The van der Waals surface area contributed by atoms with E-state index in [1.165, 1.54) is 4.90 Å². The monoisotopic (exact) mass is 359 g/mol. The Kier molecular flexibility index (Phi) is 5.24. The highest BCUT2D eigenvalue weighted by Gasteiger charge is 2.41. The quantitative estimate of drug-likeness (QED) is 0.902. The van der Waals surface area contributed by atoms with Crippen LogP contribution >= 0.6 is 11.6 Å². The molecule has 2 atom stereocenters. The van der Waals surface area contributed by atoms with Crippen LogP contribution in [0, 0.1) is 5.92 Å². The van der Waals surface area contributed by atoms with Crippen LogP contribution in [0.1, 0.15) is 17.0 Å². The van der Waals surface area contributed by atoms with Gasteiger partial charge >= 0.3 is 12.1 Å². The fraction of sp³-hybridized carbons (Fsp3) is 0.263. The van der Waals surface area contributed by atoms with Crippen LogP contribution in [0.5, 0.6) is 0 Å². The molecule has 6 heteroatoms. The molecule has 25 heavy (non-hydrogen) atoms. The third-order valence-corrected chi connectivity index (χ3v) is 4.75. The summed E-state index contributed by atoms with van der Waals surface area (Å²) < 4.78 is 5.32. The van der Waals surface area contributed by atoms with Crippen LogP contribution in [0.3, 0.4) is 0 Å². The zero-order valence-electron chi connectivity index (χ0n) is 13.5. The first-order chi connectivity index (χ1) is 12.1. The van der Waals surface area contributed by atoms with Crippen LogP contribution in [-0.4, -0.2) is 35.2 Å². The molecule has 0 spiro atoms. The number of hydrogen-bond acceptors (Lipinski definition) is 3. The molecule has 0 unspecified atom stereocenters. The Balaban J connectivity index is 1.70. The van der Waals surface area contributed by atoms with Gasteiger partial charge in [0.1, 0.15) is 6.61 Å². The van der Waals surface area contributed by atoms with Crippen LogP contribution in [0.25, 0.3) is 0 Å². The van der Waals surface area contributed by atoms with E-state index in [9.17, 15) is 14.7 Å². The Hall–Kier alpha value is -2.53. The largest absolute Gasteiger partial charge is 0.481 e. The van der Waals surface area contributed by atoms with Gasteiger partial charge in [-0.25, -0.2) is 4.79 Å². The Morgan fingerprint density at radius 1 is 1.08 bits per heavy atom. The lowest BCUT2D eigenvalue weighted by Crippen LogP contribution is -2.30. The van der Waals surface area contributed by atoms with Crippen molar-refractivity contribution in [3.05, 3.63) is 70.7 Å². The number of nitrogens with zero attached hydrogens (tertiary/aromatic N) is 1. The van der Waals surface area contributed by atoms with Crippen molar-refractivity contribution in [1.29, 1.82) is 0 Å². The summed E-state index contributed by atoms with van der Waals surface area (Å²) in [5.74, 6) is -2.00. The number of rotatable bonds is 4. The number of aliphatic carboxylic acids is 1. The Labute approximate surface area is 150 Å². The van der Waals surface area contributed by atoms with E-state index in [0.717, 1.165) is 11.1 Å². The lowest BCUT2D eigenvalue weighted by Gasteiger charge is -2.17.